The Hall–Kier alpha value is -2.39. The van der Waals surface area contributed by atoms with Crippen molar-refractivity contribution >= 4 is 21.9 Å². The fourth-order valence-corrected chi connectivity index (χ4v) is 5.22. The number of esters is 1. The van der Waals surface area contributed by atoms with Crippen LogP contribution in [0.1, 0.15) is 106 Å². The Morgan fingerprint density at radius 1 is 0.649 bits per heavy atom. The number of carbonyl (C=O) groups excluding carboxylic acids is 1. The molecule has 0 unspecified atom stereocenters. The number of carbonyl (C=O) groups is 1. The van der Waals surface area contributed by atoms with Gasteiger partial charge in [-0.1, -0.05) is 124 Å². The Morgan fingerprint density at radius 2 is 1.22 bits per heavy atom. The highest BCUT2D eigenvalue weighted by Gasteiger charge is 2.10. The maximum Gasteiger partial charge on any atom is 0.343 e. The number of benzene rings is 3. The zero-order valence-corrected chi connectivity index (χ0v) is 24.3. The minimum Gasteiger partial charge on any atom is -0.423 e. The summed E-state index contributed by atoms with van der Waals surface area (Å²) >= 11 is 3.77. The van der Waals surface area contributed by atoms with Gasteiger partial charge in [-0.15, -0.1) is 0 Å². The van der Waals surface area contributed by atoms with Gasteiger partial charge >= 0.3 is 5.97 Å². The van der Waals surface area contributed by atoms with E-state index >= 15 is 0 Å². The van der Waals surface area contributed by atoms with Crippen LogP contribution in [-0.2, 0) is 12.8 Å². The van der Waals surface area contributed by atoms with E-state index in [1.165, 1.54) is 86.2 Å². The second-order valence-corrected chi connectivity index (χ2v) is 11.0. The van der Waals surface area contributed by atoms with E-state index in [2.05, 4.69) is 48.0 Å². The van der Waals surface area contributed by atoms with E-state index in [0.29, 0.717) is 11.3 Å². The highest BCUT2D eigenvalue weighted by molar-refractivity contribution is 9.10. The summed E-state index contributed by atoms with van der Waals surface area (Å²) in [6.07, 6.45) is 16.4. The van der Waals surface area contributed by atoms with Crippen LogP contribution < -0.4 is 4.74 Å². The van der Waals surface area contributed by atoms with Gasteiger partial charge in [-0.2, -0.15) is 0 Å². The second kappa shape index (κ2) is 16.5. The lowest BCUT2D eigenvalue weighted by molar-refractivity contribution is 0.0735. The number of rotatable bonds is 16. The van der Waals surface area contributed by atoms with E-state index < -0.39 is 0 Å². The van der Waals surface area contributed by atoms with Gasteiger partial charge in [0.2, 0.25) is 0 Å². The molecule has 3 heteroatoms. The Labute approximate surface area is 233 Å². The molecule has 0 aliphatic carbocycles. The van der Waals surface area contributed by atoms with Gasteiger partial charge in [0.15, 0.2) is 0 Å². The van der Waals surface area contributed by atoms with Gasteiger partial charge in [0.05, 0.1) is 5.56 Å². The van der Waals surface area contributed by atoms with Gasteiger partial charge in [0, 0.05) is 4.47 Å². The summed E-state index contributed by atoms with van der Waals surface area (Å²) in [4.78, 5) is 12.6. The fourth-order valence-electron chi connectivity index (χ4n) is 4.65. The maximum atomic E-state index is 12.6. The molecule has 2 nitrogen and oxygen atoms in total. The summed E-state index contributed by atoms with van der Waals surface area (Å²) in [6, 6.07) is 22.2. The van der Waals surface area contributed by atoms with Crippen LogP contribution in [0.5, 0.6) is 5.75 Å². The summed E-state index contributed by atoms with van der Waals surface area (Å²) in [7, 11) is 0. The zero-order chi connectivity index (χ0) is 26.3. The van der Waals surface area contributed by atoms with Crippen LogP contribution >= 0.6 is 15.9 Å². The Morgan fingerprint density at radius 3 is 1.84 bits per heavy atom. The van der Waals surface area contributed by atoms with Crippen LogP contribution in [0.25, 0.3) is 11.1 Å². The molecular weight excluding hydrogens is 520 g/mol. The molecule has 0 radical (unpaired) electrons. The van der Waals surface area contributed by atoms with E-state index in [9.17, 15) is 4.79 Å². The molecule has 3 aromatic rings. The summed E-state index contributed by atoms with van der Waals surface area (Å²) in [6.45, 7) is 4.50. The predicted molar refractivity (Wildman–Crippen MR) is 161 cm³/mol. The second-order valence-electron chi connectivity index (χ2n) is 10.1. The highest BCUT2D eigenvalue weighted by Crippen LogP contribution is 2.29. The first-order valence-corrected chi connectivity index (χ1v) is 15.1. The van der Waals surface area contributed by atoms with Crippen LogP contribution in [0.2, 0.25) is 0 Å². The van der Waals surface area contributed by atoms with Crippen molar-refractivity contribution in [2.75, 3.05) is 0 Å². The van der Waals surface area contributed by atoms with Crippen molar-refractivity contribution in [1.82, 2.24) is 0 Å². The van der Waals surface area contributed by atoms with Crippen LogP contribution in [0.3, 0.4) is 0 Å². The molecule has 0 saturated carbocycles. The third-order valence-corrected chi connectivity index (χ3v) is 7.75. The number of unbranched alkanes of at least 4 members (excludes halogenated alkanes) is 9. The van der Waals surface area contributed by atoms with Crippen LogP contribution in [0.15, 0.2) is 71.2 Å². The summed E-state index contributed by atoms with van der Waals surface area (Å²) in [5.41, 5.74) is 5.49. The van der Waals surface area contributed by atoms with Gasteiger partial charge in [-0.25, -0.2) is 4.79 Å². The lowest BCUT2D eigenvalue weighted by atomic mass is 10.0. The SMILES string of the molecule is CCCCCCCCc1ccc(-c2ccc(OC(=O)c3ccc(CCCCCCC)cc3)cc2)cc1Br. The third kappa shape index (κ3) is 10.1. The number of ether oxygens (including phenoxy) is 1. The Kier molecular flexibility index (Phi) is 13.0. The molecule has 0 bridgehead atoms. The van der Waals surface area contributed by atoms with Gasteiger partial charge in [0.1, 0.15) is 5.75 Å². The molecule has 0 saturated heterocycles. The maximum absolute atomic E-state index is 12.6. The highest BCUT2D eigenvalue weighted by atomic mass is 79.9. The first kappa shape index (κ1) is 29.2. The summed E-state index contributed by atoms with van der Waals surface area (Å²) < 4.78 is 6.80. The topological polar surface area (TPSA) is 26.3 Å². The minimum absolute atomic E-state index is 0.316. The molecule has 0 spiro atoms. The normalized spacial score (nSPS) is 11.0. The molecule has 0 aliphatic heterocycles. The number of hydrogen-bond acceptors (Lipinski definition) is 2. The van der Waals surface area contributed by atoms with Crippen molar-refractivity contribution in [2.24, 2.45) is 0 Å². The molecule has 0 fully saturated rings. The van der Waals surface area contributed by atoms with E-state index in [1.807, 2.05) is 48.5 Å². The molecule has 3 rings (SSSR count). The van der Waals surface area contributed by atoms with Gasteiger partial charge in [0.25, 0.3) is 0 Å². The standard InChI is InChI=1S/C34H43BrO2/c1-3-5-7-9-11-13-15-29-20-21-31(26-33(29)35)28-22-24-32(25-23-28)37-34(36)30-18-16-27(17-19-30)14-12-10-8-6-4-2/h16-26H,3-15H2,1-2H3. The lowest BCUT2D eigenvalue weighted by Gasteiger charge is -2.09. The lowest BCUT2D eigenvalue weighted by Crippen LogP contribution is -2.08. The van der Waals surface area contributed by atoms with Gasteiger partial charge in [-0.05, 0) is 78.3 Å². The average Bonchev–Trinajstić information content (AvgIpc) is 2.92. The number of hydrogen-bond donors (Lipinski definition) is 0. The van der Waals surface area contributed by atoms with Crippen molar-refractivity contribution in [2.45, 2.75) is 97.3 Å². The third-order valence-electron chi connectivity index (χ3n) is 7.01. The largest absolute Gasteiger partial charge is 0.423 e. The molecule has 0 heterocycles. The Balaban J connectivity index is 1.49. The molecule has 0 aromatic heterocycles. The van der Waals surface area contributed by atoms with Crippen molar-refractivity contribution in [3.05, 3.63) is 87.9 Å². The summed E-state index contributed by atoms with van der Waals surface area (Å²) in [5, 5.41) is 0. The number of aryl methyl sites for hydroxylation is 2. The Bertz CT molecular complexity index is 1070. The smallest absolute Gasteiger partial charge is 0.343 e. The first-order chi connectivity index (χ1) is 18.1. The van der Waals surface area contributed by atoms with Crippen molar-refractivity contribution < 1.29 is 9.53 Å². The van der Waals surface area contributed by atoms with E-state index in [4.69, 9.17) is 4.74 Å². The van der Waals surface area contributed by atoms with Crippen LogP contribution in [0.4, 0.5) is 0 Å². The van der Waals surface area contributed by atoms with Crippen molar-refractivity contribution in [3.8, 4) is 16.9 Å². The molecule has 3 aromatic carbocycles. The quantitative estimate of drug-likeness (QED) is 0.0984. The van der Waals surface area contributed by atoms with Crippen molar-refractivity contribution in [3.63, 3.8) is 0 Å². The van der Waals surface area contributed by atoms with Crippen LogP contribution in [0, 0.1) is 0 Å². The molecule has 198 valence electrons. The molecule has 0 atom stereocenters. The molecular formula is C34H43BrO2. The number of halogens is 1. The van der Waals surface area contributed by atoms with Gasteiger partial charge in [-0.3, -0.25) is 0 Å². The summed E-state index contributed by atoms with van der Waals surface area (Å²) in [5.74, 6) is 0.247. The first-order valence-electron chi connectivity index (χ1n) is 14.3. The average molecular weight is 564 g/mol. The minimum atomic E-state index is -0.316. The van der Waals surface area contributed by atoms with Gasteiger partial charge < -0.3 is 4.74 Å². The zero-order valence-electron chi connectivity index (χ0n) is 22.7. The predicted octanol–water partition coefficient (Wildman–Crippen LogP) is 10.8. The van der Waals surface area contributed by atoms with Crippen molar-refractivity contribution in [1.29, 1.82) is 0 Å². The van der Waals surface area contributed by atoms with E-state index in [0.717, 1.165) is 24.0 Å². The monoisotopic (exact) mass is 562 g/mol. The molecule has 0 amide bonds. The van der Waals surface area contributed by atoms with E-state index in [-0.39, 0.29) is 5.97 Å². The molecule has 37 heavy (non-hydrogen) atoms. The fraction of sp³-hybridized carbons (Fsp3) is 0.441. The molecule has 0 aliphatic rings. The van der Waals surface area contributed by atoms with Crippen LogP contribution in [-0.4, -0.2) is 5.97 Å². The van der Waals surface area contributed by atoms with E-state index in [1.54, 1.807) is 0 Å². The molecule has 0 N–H and O–H groups in total.